The highest BCUT2D eigenvalue weighted by molar-refractivity contribution is 8.00. The molecule has 1 saturated carbocycles. The summed E-state index contributed by atoms with van der Waals surface area (Å²) in [5.41, 5.74) is 2.54. The highest BCUT2D eigenvalue weighted by atomic mass is 32.2. The first kappa shape index (κ1) is 25.3. The highest BCUT2D eigenvalue weighted by Crippen LogP contribution is 2.38. The Bertz CT molecular complexity index is 961. The molecular formula is C28H42N4OS. The molecule has 34 heavy (non-hydrogen) atoms. The van der Waals surface area contributed by atoms with Gasteiger partial charge >= 0.3 is 0 Å². The summed E-state index contributed by atoms with van der Waals surface area (Å²) in [6, 6.07) is 9.83. The van der Waals surface area contributed by atoms with E-state index in [1.807, 2.05) is 6.92 Å². The first-order chi connectivity index (χ1) is 16.2. The van der Waals surface area contributed by atoms with E-state index in [4.69, 9.17) is 0 Å². The molecule has 4 rings (SSSR count). The number of likely N-dealkylation sites (tertiary alicyclic amines) is 1. The molecule has 0 N–H and O–H groups in total. The van der Waals surface area contributed by atoms with Gasteiger partial charge in [0.05, 0.1) is 5.25 Å². The minimum Gasteiger partial charge on any atom is -0.336 e. The number of nitrogens with zero attached hydrogens (tertiary/aromatic N) is 4. The van der Waals surface area contributed by atoms with Crippen LogP contribution in [0, 0.1) is 0 Å². The number of aromatic nitrogens is 3. The van der Waals surface area contributed by atoms with Crippen LogP contribution in [0.1, 0.15) is 105 Å². The monoisotopic (exact) mass is 482 g/mol. The molecule has 0 spiro atoms. The van der Waals surface area contributed by atoms with Crippen molar-refractivity contribution in [1.82, 2.24) is 19.7 Å². The molecular weight excluding hydrogens is 440 g/mol. The van der Waals surface area contributed by atoms with Crippen molar-refractivity contribution in [2.75, 3.05) is 0 Å². The van der Waals surface area contributed by atoms with Crippen LogP contribution in [0.5, 0.6) is 0 Å². The lowest BCUT2D eigenvalue weighted by Crippen LogP contribution is -2.50. The van der Waals surface area contributed by atoms with Crippen molar-refractivity contribution in [2.45, 2.75) is 127 Å². The van der Waals surface area contributed by atoms with Crippen LogP contribution < -0.4 is 0 Å². The molecule has 1 aliphatic heterocycles. The molecule has 0 bridgehead atoms. The van der Waals surface area contributed by atoms with E-state index in [0.29, 0.717) is 18.1 Å². The third kappa shape index (κ3) is 5.37. The fourth-order valence-corrected chi connectivity index (χ4v) is 6.59. The van der Waals surface area contributed by atoms with Gasteiger partial charge in [-0.3, -0.25) is 9.36 Å². The molecule has 3 atom stereocenters. The van der Waals surface area contributed by atoms with Crippen molar-refractivity contribution in [3.63, 3.8) is 0 Å². The lowest BCUT2D eigenvalue weighted by atomic mass is 9.86. The van der Waals surface area contributed by atoms with Crippen molar-refractivity contribution >= 4 is 17.7 Å². The molecule has 3 unspecified atom stereocenters. The molecule has 0 radical (unpaired) electrons. The molecule has 2 heterocycles. The predicted molar refractivity (Wildman–Crippen MR) is 141 cm³/mol. The summed E-state index contributed by atoms with van der Waals surface area (Å²) in [6.45, 7) is 13.1. The number of rotatable bonds is 5. The molecule has 1 aromatic carbocycles. The number of thioether (sulfide) groups is 1. The van der Waals surface area contributed by atoms with Crippen LogP contribution in [-0.4, -0.2) is 42.9 Å². The largest absolute Gasteiger partial charge is 0.336 e. The van der Waals surface area contributed by atoms with Crippen LogP contribution in [0.25, 0.3) is 11.4 Å². The number of carbonyl (C=O) groups is 1. The first-order valence-corrected chi connectivity index (χ1v) is 14.1. The Morgan fingerprint density at radius 3 is 2.15 bits per heavy atom. The molecule has 1 saturated heterocycles. The van der Waals surface area contributed by atoms with Gasteiger partial charge in [0.2, 0.25) is 5.91 Å². The number of benzene rings is 1. The zero-order chi connectivity index (χ0) is 24.5. The van der Waals surface area contributed by atoms with Gasteiger partial charge in [-0.15, -0.1) is 10.2 Å². The Labute approximate surface area is 210 Å². The topological polar surface area (TPSA) is 51.0 Å². The molecule has 2 fully saturated rings. The maximum absolute atomic E-state index is 13.5. The maximum atomic E-state index is 13.5. The van der Waals surface area contributed by atoms with Crippen molar-refractivity contribution < 1.29 is 4.79 Å². The van der Waals surface area contributed by atoms with Gasteiger partial charge in [0.1, 0.15) is 0 Å². The number of hydrogen-bond donors (Lipinski definition) is 0. The number of piperidine rings is 1. The van der Waals surface area contributed by atoms with Gasteiger partial charge in [-0.1, -0.05) is 76.1 Å². The molecule has 1 amide bonds. The second kappa shape index (κ2) is 10.4. The summed E-state index contributed by atoms with van der Waals surface area (Å²) in [7, 11) is 0. The Morgan fingerprint density at radius 1 is 0.941 bits per heavy atom. The number of carbonyl (C=O) groups excluding carboxylic acids is 1. The van der Waals surface area contributed by atoms with Crippen molar-refractivity contribution in [2.24, 2.45) is 0 Å². The Balaban J connectivity index is 1.62. The minimum atomic E-state index is -0.175. The van der Waals surface area contributed by atoms with Gasteiger partial charge in [-0.2, -0.15) is 0 Å². The van der Waals surface area contributed by atoms with Crippen LogP contribution in [0.3, 0.4) is 0 Å². The summed E-state index contributed by atoms with van der Waals surface area (Å²) in [5.74, 6) is 1.17. The number of hydrogen-bond acceptors (Lipinski definition) is 4. The van der Waals surface area contributed by atoms with Crippen LogP contribution >= 0.6 is 11.8 Å². The molecule has 5 nitrogen and oxygen atoms in total. The van der Waals surface area contributed by atoms with E-state index >= 15 is 0 Å². The van der Waals surface area contributed by atoms with Crippen LogP contribution in [0.4, 0.5) is 0 Å². The third-order valence-electron chi connectivity index (χ3n) is 7.69. The summed E-state index contributed by atoms with van der Waals surface area (Å²) in [6.07, 6.45) is 9.50. The minimum absolute atomic E-state index is 0.120. The zero-order valence-corrected chi connectivity index (χ0v) is 22.7. The lowest BCUT2D eigenvalue weighted by molar-refractivity contribution is -0.136. The summed E-state index contributed by atoms with van der Waals surface area (Å²) in [5, 5.41) is 10.0. The van der Waals surface area contributed by atoms with Crippen molar-refractivity contribution in [3.8, 4) is 11.4 Å². The SMILES string of the molecule is CC(Sc1nnc(-c2ccc(C(C)(C)C)cc2)n1C1CCCCC1)C(=O)N1C(C)CCCC1C. The Morgan fingerprint density at radius 2 is 1.56 bits per heavy atom. The van der Waals surface area contributed by atoms with E-state index in [9.17, 15) is 4.79 Å². The predicted octanol–water partition coefficient (Wildman–Crippen LogP) is 7.02. The molecule has 186 valence electrons. The van der Waals surface area contributed by atoms with Gasteiger partial charge in [0.15, 0.2) is 11.0 Å². The second-order valence-electron chi connectivity index (χ2n) is 11.4. The summed E-state index contributed by atoms with van der Waals surface area (Å²) in [4.78, 5) is 15.6. The summed E-state index contributed by atoms with van der Waals surface area (Å²) < 4.78 is 2.35. The smallest absolute Gasteiger partial charge is 0.236 e. The standard InChI is InChI=1S/C28H42N4OS/c1-19-11-10-12-20(2)31(19)26(33)21(3)34-27-30-29-25(32(27)24-13-8-7-9-14-24)22-15-17-23(18-16-22)28(4,5)6/h15-21,24H,7-14H2,1-6H3. The van der Waals surface area contributed by atoms with Gasteiger partial charge in [0, 0.05) is 23.7 Å². The fraction of sp³-hybridized carbons (Fsp3) is 0.679. The van der Waals surface area contributed by atoms with E-state index in [2.05, 4.69) is 78.5 Å². The van der Waals surface area contributed by atoms with Gasteiger partial charge in [-0.05, 0) is 63.9 Å². The van der Waals surface area contributed by atoms with E-state index in [-0.39, 0.29) is 16.6 Å². The fourth-order valence-electron chi connectivity index (χ4n) is 5.62. The van der Waals surface area contributed by atoms with Crippen LogP contribution in [0.15, 0.2) is 29.4 Å². The molecule has 6 heteroatoms. The lowest BCUT2D eigenvalue weighted by Gasteiger charge is -2.40. The van der Waals surface area contributed by atoms with E-state index < -0.39 is 0 Å². The van der Waals surface area contributed by atoms with E-state index in [1.54, 1.807) is 11.8 Å². The zero-order valence-electron chi connectivity index (χ0n) is 21.9. The molecule has 2 aliphatic rings. The Hall–Kier alpha value is -1.82. The molecule has 1 aliphatic carbocycles. The Kier molecular flexibility index (Phi) is 7.75. The first-order valence-electron chi connectivity index (χ1n) is 13.2. The van der Waals surface area contributed by atoms with E-state index in [1.165, 1.54) is 31.2 Å². The normalized spacial score (nSPS) is 23.2. The average molecular weight is 483 g/mol. The number of amides is 1. The van der Waals surface area contributed by atoms with E-state index in [0.717, 1.165) is 42.2 Å². The molecule has 2 aromatic rings. The second-order valence-corrected chi connectivity index (χ2v) is 12.7. The van der Waals surface area contributed by atoms with Crippen molar-refractivity contribution in [1.29, 1.82) is 0 Å². The third-order valence-corrected chi connectivity index (χ3v) is 8.74. The van der Waals surface area contributed by atoms with Crippen molar-refractivity contribution in [3.05, 3.63) is 29.8 Å². The summed E-state index contributed by atoms with van der Waals surface area (Å²) >= 11 is 1.59. The van der Waals surface area contributed by atoms with Gasteiger partial charge in [-0.25, -0.2) is 0 Å². The molecule has 1 aromatic heterocycles. The highest BCUT2D eigenvalue weighted by Gasteiger charge is 2.33. The quantitative estimate of drug-likeness (QED) is 0.430. The maximum Gasteiger partial charge on any atom is 0.236 e. The average Bonchev–Trinajstić information content (AvgIpc) is 3.22. The van der Waals surface area contributed by atoms with Gasteiger partial charge < -0.3 is 4.90 Å². The van der Waals surface area contributed by atoms with Crippen LogP contribution in [0.2, 0.25) is 0 Å². The van der Waals surface area contributed by atoms with Gasteiger partial charge in [0.25, 0.3) is 0 Å². The van der Waals surface area contributed by atoms with Crippen LogP contribution in [-0.2, 0) is 10.2 Å².